The molecule has 1 heterocycles. The zero-order chi connectivity index (χ0) is 32.1. The fourth-order valence-corrected chi connectivity index (χ4v) is 5.17. The molecule has 0 amide bonds. The summed E-state index contributed by atoms with van der Waals surface area (Å²) in [5.74, 6) is 0.987. The number of benzene rings is 4. The number of carbonyl (C=O) groups excluding carboxylic acids is 1. The fourth-order valence-electron chi connectivity index (χ4n) is 5.17. The zero-order valence-corrected chi connectivity index (χ0v) is 26.3. The summed E-state index contributed by atoms with van der Waals surface area (Å²) in [5.41, 5.74) is 3.23. The SMILES string of the molecule is COc1ccc(COC[C@H]2O[C@H](OC)[C@H](OCc3ccccc3)[C@@H](OCc3ccc(OC)cc3)[C@@H]2OC(=O)c2ccccc2)cc1. The monoisotopic (exact) mass is 628 g/mol. The van der Waals surface area contributed by atoms with Crippen LogP contribution in [-0.2, 0) is 48.2 Å². The molecule has 1 saturated heterocycles. The number of carbonyl (C=O) groups is 1. The summed E-state index contributed by atoms with van der Waals surface area (Å²) in [4.78, 5) is 13.5. The second-order valence-electron chi connectivity index (χ2n) is 10.8. The maximum Gasteiger partial charge on any atom is 0.338 e. The van der Waals surface area contributed by atoms with Gasteiger partial charge >= 0.3 is 5.97 Å². The lowest BCUT2D eigenvalue weighted by Crippen LogP contribution is -2.62. The molecule has 0 spiro atoms. The maximum atomic E-state index is 13.5. The van der Waals surface area contributed by atoms with Crippen molar-refractivity contribution < 1.29 is 42.7 Å². The van der Waals surface area contributed by atoms with Gasteiger partial charge in [-0.3, -0.25) is 0 Å². The van der Waals surface area contributed by atoms with Crippen molar-refractivity contribution in [2.24, 2.45) is 0 Å². The van der Waals surface area contributed by atoms with Crippen LogP contribution >= 0.6 is 0 Å². The van der Waals surface area contributed by atoms with Crippen molar-refractivity contribution in [2.75, 3.05) is 27.9 Å². The number of ether oxygens (including phenoxy) is 8. The van der Waals surface area contributed by atoms with E-state index in [1.54, 1.807) is 45.6 Å². The number of methoxy groups -OCH3 is 3. The fraction of sp³-hybridized carbons (Fsp3) is 0.324. The molecule has 46 heavy (non-hydrogen) atoms. The minimum absolute atomic E-state index is 0.104. The Hall–Kier alpha value is -4.25. The molecule has 5 atom stereocenters. The molecule has 1 fully saturated rings. The van der Waals surface area contributed by atoms with E-state index in [4.69, 9.17) is 37.9 Å². The average Bonchev–Trinajstić information content (AvgIpc) is 3.12. The van der Waals surface area contributed by atoms with Crippen LogP contribution in [0.1, 0.15) is 27.0 Å². The first-order valence-corrected chi connectivity index (χ1v) is 15.1. The predicted molar refractivity (Wildman–Crippen MR) is 171 cm³/mol. The highest BCUT2D eigenvalue weighted by Gasteiger charge is 2.50. The van der Waals surface area contributed by atoms with Gasteiger partial charge in [-0.1, -0.05) is 72.8 Å². The van der Waals surface area contributed by atoms with E-state index in [1.165, 1.54) is 0 Å². The molecule has 0 radical (unpaired) electrons. The van der Waals surface area contributed by atoms with Gasteiger partial charge < -0.3 is 37.9 Å². The van der Waals surface area contributed by atoms with Crippen molar-refractivity contribution in [1.82, 2.24) is 0 Å². The van der Waals surface area contributed by atoms with Crippen LogP contribution in [0.15, 0.2) is 109 Å². The molecule has 0 unspecified atom stereocenters. The molecule has 5 rings (SSSR count). The Kier molecular flexibility index (Phi) is 12.2. The van der Waals surface area contributed by atoms with Gasteiger partial charge in [0.15, 0.2) is 12.4 Å². The molecule has 0 N–H and O–H groups in total. The molecule has 4 aromatic carbocycles. The van der Waals surface area contributed by atoms with Gasteiger partial charge in [-0.05, 0) is 53.1 Å². The van der Waals surface area contributed by atoms with E-state index in [0.717, 1.165) is 28.2 Å². The third kappa shape index (κ3) is 8.93. The number of hydrogen-bond acceptors (Lipinski definition) is 9. The van der Waals surface area contributed by atoms with Gasteiger partial charge in [-0.25, -0.2) is 4.79 Å². The van der Waals surface area contributed by atoms with Crippen LogP contribution in [-0.4, -0.2) is 64.6 Å². The maximum absolute atomic E-state index is 13.5. The Labute approximate surface area is 269 Å². The van der Waals surface area contributed by atoms with Crippen LogP contribution in [0.25, 0.3) is 0 Å². The lowest BCUT2D eigenvalue weighted by Gasteiger charge is -2.45. The Morgan fingerprint density at radius 2 is 1.13 bits per heavy atom. The molecular formula is C37H40O9. The largest absolute Gasteiger partial charge is 0.497 e. The number of hydrogen-bond donors (Lipinski definition) is 0. The summed E-state index contributed by atoms with van der Waals surface area (Å²) in [7, 11) is 4.80. The van der Waals surface area contributed by atoms with Crippen LogP contribution in [0.3, 0.4) is 0 Å². The highest BCUT2D eigenvalue weighted by atomic mass is 16.7. The molecule has 9 nitrogen and oxygen atoms in total. The van der Waals surface area contributed by atoms with Crippen LogP contribution in [0.4, 0.5) is 0 Å². The summed E-state index contributed by atoms with van der Waals surface area (Å²) < 4.78 is 48.1. The normalized spacial score (nSPS) is 21.0. The Morgan fingerprint density at radius 1 is 0.609 bits per heavy atom. The van der Waals surface area contributed by atoms with Crippen LogP contribution in [0.5, 0.6) is 11.5 Å². The van der Waals surface area contributed by atoms with Crippen LogP contribution in [0.2, 0.25) is 0 Å². The average molecular weight is 629 g/mol. The van der Waals surface area contributed by atoms with E-state index in [1.807, 2.05) is 84.9 Å². The predicted octanol–water partition coefficient (Wildman–Crippen LogP) is 5.99. The molecule has 0 bridgehead atoms. The van der Waals surface area contributed by atoms with E-state index in [-0.39, 0.29) is 19.8 Å². The molecule has 0 aliphatic carbocycles. The van der Waals surface area contributed by atoms with Crippen LogP contribution in [0, 0.1) is 0 Å². The number of rotatable bonds is 15. The minimum Gasteiger partial charge on any atom is -0.497 e. The van der Waals surface area contributed by atoms with Gasteiger partial charge in [-0.2, -0.15) is 0 Å². The van der Waals surface area contributed by atoms with E-state index in [2.05, 4.69) is 0 Å². The highest BCUT2D eigenvalue weighted by molar-refractivity contribution is 5.89. The molecule has 0 saturated carbocycles. The van der Waals surface area contributed by atoms with Gasteiger partial charge in [0.25, 0.3) is 0 Å². The first kappa shape index (κ1) is 33.1. The summed E-state index contributed by atoms with van der Waals surface area (Å²) in [6.07, 6.45) is -3.96. The smallest absolute Gasteiger partial charge is 0.338 e. The van der Waals surface area contributed by atoms with Crippen molar-refractivity contribution in [3.8, 4) is 11.5 Å². The lowest BCUT2D eigenvalue weighted by molar-refractivity contribution is -0.315. The van der Waals surface area contributed by atoms with E-state index in [9.17, 15) is 4.79 Å². The van der Waals surface area contributed by atoms with Gasteiger partial charge in [0.05, 0.1) is 46.2 Å². The first-order valence-electron chi connectivity index (χ1n) is 15.1. The van der Waals surface area contributed by atoms with Crippen molar-refractivity contribution in [3.05, 3.63) is 131 Å². The van der Waals surface area contributed by atoms with Gasteiger partial charge in [-0.15, -0.1) is 0 Å². The standard InChI is InChI=1S/C37H40O9/c1-39-30-18-14-27(15-19-30)22-42-25-32-33(46-36(38)29-12-8-5-9-13-29)34(43-24-28-16-20-31(40-2)21-17-28)35(37(41-3)45-32)44-23-26-10-6-4-7-11-26/h4-21,32-35,37H,22-25H2,1-3H3/t32-,33-,34+,35-,37+/m1/s1. The number of esters is 1. The first-order chi connectivity index (χ1) is 22.6. The second-order valence-corrected chi connectivity index (χ2v) is 10.8. The van der Waals surface area contributed by atoms with Crippen molar-refractivity contribution in [1.29, 1.82) is 0 Å². The molecule has 1 aliphatic heterocycles. The highest BCUT2D eigenvalue weighted by Crippen LogP contribution is 2.31. The van der Waals surface area contributed by atoms with Crippen molar-refractivity contribution in [3.63, 3.8) is 0 Å². The van der Waals surface area contributed by atoms with Crippen molar-refractivity contribution >= 4 is 5.97 Å². The van der Waals surface area contributed by atoms with E-state index in [0.29, 0.717) is 12.2 Å². The molecular weight excluding hydrogens is 588 g/mol. The van der Waals surface area contributed by atoms with Gasteiger partial charge in [0.1, 0.15) is 29.8 Å². The van der Waals surface area contributed by atoms with E-state index >= 15 is 0 Å². The minimum atomic E-state index is -0.894. The lowest BCUT2D eigenvalue weighted by atomic mass is 9.97. The molecule has 242 valence electrons. The van der Waals surface area contributed by atoms with Gasteiger partial charge in [0.2, 0.25) is 0 Å². The Balaban J connectivity index is 1.41. The zero-order valence-electron chi connectivity index (χ0n) is 26.3. The third-order valence-electron chi connectivity index (χ3n) is 7.67. The molecule has 0 aromatic heterocycles. The molecule has 1 aliphatic rings. The summed E-state index contributed by atoms with van der Waals surface area (Å²) in [6.45, 7) is 0.906. The summed E-state index contributed by atoms with van der Waals surface area (Å²) >= 11 is 0. The summed E-state index contributed by atoms with van der Waals surface area (Å²) in [5, 5.41) is 0. The summed E-state index contributed by atoms with van der Waals surface area (Å²) in [6, 6.07) is 33.8. The molecule has 9 heteroatoms. The third-order valence-corrected chi connectivity index (χ3v) is 7.67. The van der Waals surface area contributed by atoms with Crippen molar-refractivity contribution in [2.45, 2.75) is 50.5 Å². The topological polar surface area (TPSA) is 90.9 Å². The second kappa shape index (κ2) is 16.9. The van der Waals surface area contributed by atoms with Crippen LogP contribution < -0.4 is 9.47 Å². The Morgan fingerprint density at radius 3 is 1.70 bits per heavy atom. The van der Waals surface area contributed by atoms with E-state index < -0.39 is 36.7 Å². The quantitative estimate of drug-likeness (QED) is 0.147. The Bertz CT molecular complexity index is 1460. The van der Waals surface area contributed by atoms with Gasteiger partial charge in [0, 0.05) is 7.11 Å². The molecule has 4 aromatic rings.